The normalized spacial score (nSPS) is 14.3. The van der Waals surface area contributed by atoms with Gasteiger partial charge in [0.15, 0.2) is 0 Å². The number of ether oxygens (including phenoxy) is 1. The number of morpholine rings is 1. The van der Waals surface area contributed by atoms with Crippen LogP contribution in [0, 0.1) is 17.2 Å². The Bertz CT molecular complexity index is 1110. The number of aromatic amines is 1. The summed E-state index contributed by atoms with van der Waals surface area (Å²) in [5, 5.41) is 22.3. The van der Waals surface area contributed by atoms with E-state index in [1.165, 1.54) is 10.9 Å². The van der Waals surface area contributed by atoms with E-state index in [0.29, 0.717) is 24.7 Å². The van der Waals surface area contributed by atoms with Crippen molar-refractivity contribution in [2.45, 2.75) is 38.3 Å². The molecular weight excluding hydrogens is 420 g/mol. The largest absolute Gasteiger partial charge is 0.392 e. The molecule has 1 aliphatic rings. The number of benzene rings is 1. The number of para-hydroxylation sites is 1. The number of rotatable bonds is 8. The highest BCUT2D eigenvalue weighted by Gasteiger charge is 2.24. The second-order valence-corrected chi connectivity index (χ2v) is 9.58. The first kappa shape index (κ1) is 22.7. The second kappa shape index (κ2) is 10.4. The minimum absolute atomic E-state index is 0.114. The van der Waals surface area contributed by atoms with E-state index in [9.17, 15) is 10.4 Å². The Balaban J connectivity index is 1.65. The van der Waals surface area contributed by atoms with E-state index in [-0.39, 0.29) is 6.61 Å². The van der Waals surface area contributed by atoms with Gasteiger partial charge in [-0.05, 0) is 36.0 Å². The number of hydrogen-bond acceptors (Lipinski definition) is 6. The summed E-state index contributed by atoms with van der Waals surface area (Å²) in [6.07, 6.45) is 3.70. The number of H-pyrrole nitrogens is 1. The third-order valence-electron chi connectivity index (χ3n) is 5.84. The van der Waals surface area contributed by atoms with Crippen molar-refractivity contribution in [3.8, 4) is 6.07 Å². The molecule has 32 heavy (non-hydrogen) atoms. The van der Waals surface area contributed by atoms with Gasteiger partial charge in [0.1, 0.15) is 16.9 Å². The standard InChI is InChI=1S/C25H30N4O2S/c1-17(2)13-20-21(14-26)25(28-24(22(20)16-30)29-8-10-31-11-9-29)32-12-7-18-15-27-23-6-4-3-5-19(18)23/h3-6,15,17,27,30H,7-13,16H2,1-2H3. The Morgan fingerprint density at radius 2 is 2.03 bits per heavy atom. The number of thioether (sulfide) groups is 1. The number of nitrogens with one attached hydrogen (secondary N) is 1. The molecule has 3 heterocycles. The van der Waals surface area contributed by atoms with E-state index in [1.54, 1.807) is 11.8 Å². The van der Waals surface area contributed by atoms with Crippen molar-refractivity contribution in [2.75, 3.05) is 37.0 Å². The summed E-state index contributed by atoms with van der Waals surface area (Å²) >= 11 is 1.63. The van der Waals surface area contributed by atoms with Gasteiger partial charge in [-0.2, -0.15) is 5.26 Å². The number of aromatic nitrogens is 2. The van der Waals surface area contributed by atoms with Gasteiger partial charge in [-0.15, -0.1) is 11.8 Å². The first-order valence-corrected chi connectivity index (χ1v) is 12.2. The van der Waals surface area contributed by atoms with Gasteiger partial charge in [-0.1, -0.05) is 32.0 Å². The highest BCUT2D eigenvalue weighted by Crippen LogP contribution is 2.34. The molecule has 0 aliphatic carbocycles. The van der Waals surface area contributed by atoms with Crippen LogP contribution < -0.4 is 4.90 Å². The summed E-state index contributed by atoms with van der Waals surface area (Å²) in [6.45, 7) is 6.95. The minimum atomic E-state index is -0.114. The number of aryl methyl sites for hydroxylation is 1. The van der Waals surface area contributed by atoms with Crippen LogP contribution in [0.15, 0.2) is 35.5 Å². The van der Waals surface area contributed by atoms with Crippen molar-refractivity contribution in [2.24, 2.45) is 5.92 Å². The molecule has 6 nitrogen and oxygen atoms in total. The number of pyridine rings is 1. The molecule has 7 heteroatoms. The number of aliphatic hydroxyl groups is 1. The zero-order chi connectivity index (χ0) is 22.5. The van der Waals surface area contributed by atoms with Crippen LogP contribution in [0.3, 0.4) is 0 Å². The van der Waals surface area contributed by atoms with Crippen LogP contribution in [0.1, 0.15) is 36.1 Å². The maximum atomic E-state index is 10.2. The molecule has 0 saturated carbocycles. The SMILES string of the molecule is CC(C)Cc1c(C#N)c(SCCc2c[nH]c3ccccc23)nc(N2CCOCC2)c1CO. The fraction of sp³-hybridized carbons (Fsp3) is 0.440. The molecule has 1 fully saturated rings. The molecular formula is C25H30N4O2S. The van der Waals surface area contributed by atoms with Gasteiger partial charge in [0, 0.05) is 41.5 Å². The quantitative estimate of drug-likeness (QED) is 0.498. The summed E-state index contributed by atoms with van der Waals surface area (Å²) in [7, 11) is 0. The van der Waals surface area contributed by atoms with Gasteiger partial charge in [0.2, 0.25) is 0 Å². The van der Waals surface area contributed by atoms with Crippen LogP contribution in [-0.4, -0.2) is 47.1 Å². The summed E-state index contributed by atoms with van der Waals surface area (Å²) < 4.78 is 5.51. The van der Waals surface area contributed by atoms with Crippen molar-refractivity contribution < 1.29 is 9.84 Å². The fourth-order valence-electron chi connectivity index (χ4n) is 4.29. The van der Waals surface area contributed by atoms with E-state index >= 15 is 0 Å². The Morgan fingerprint density at radius 1 is 1.25 bits per heavy atom. The van der Waals surface area contributed by atoms with Gasteiger partial charge in [-0.25, -0.2) is 4.98 Å². The number of hydrogen-bond donors (Lipinski definition) is 2. The van der Waals surface area contributed by atoms with Crippen LogP contribution >= 0.6 is 11.8 Å². The lowest BCUT2D eigenvalue weighted by molar-refractivity contribution is 0.122. The van der Waals surface area contributed by atoms with Crippen LogP contribution in [0.2, 0.25) is 0 Å². The molecule has 2 N–H and O–H groups in total. The Kier molecular flexibility index (Phi) is 7.36. The van der Waals surface area contributed by atoms with Crippen LogP contribution in [0.25, 0.3) is 10.9 Å². The third kappa shape index (κ3) is 4.78. The van der Waals surface area contributed by atoms with E-state index in [1.807, 2.05) is 6.07 Å². The Labute approximate surface area is 193 Å². The topological polar surface area (TPSA) is 85.2 Å². The summed E-state index contributed by atoms with van der Waals surface area (Å²) in [6, 6.07) is 10.7. The maximum absolute atomic E-state index is 10.2. The molecule has 0 spiro atoms. The number of anilines is 1. The minimum Gasteiger partial charge on any atom is -0.392 e. The molecule has 1 aromatic carbocycles. The zero-order valence-corrected chi connectivity index (χ0v) is 19.5. The predicted molar refractivity (Wildman–Crippen MR) is 129 cm³/mol. The monoisotopic (exact) mass is 450 g/mol. The van der Waals surface area contributed by atoms with Crippen LogP contribution in [0.5, 0.6) is 0 Å². The lowest BCUT2D eigenvalue weighted by Crippen LogP contribution is -2.37. The first-order chi connectivity index (χ1) is 15.6. The van der Waals surface area contributed by atoms with Crippen LogP contribution in [-0.2, 0) is 24.2 Å². The number of aliphatic hydroxyl groups excluding tert-OH is 1. The Morgan fingerprint density at radius 3 is 2.75 bits per heavy atom. The molecule has 4 rings (SSSR count). The lowest BCUT2D eigenvalue weighted by Gasteiger charge is -2.31. The number of nitriles is 1. The third-order valence-corrected chi connectivity index (χ3v) is 6.81. The maximum Gasteiger partial charge on any atom is 0.135 e. The Hall–Kier alpha value is -2.53. The summed E-state index contributed by atoms with van der Waals surface area (Å²) in [5.41, 5.74) is 4.76. The van der Waals surface area contributed by atoms with Gasteiger partial charge in [0.25, 0.3) is 0 Å². The molecule has 1 saturated heterocycles. The smallest absolute Gasteiger partial charge is 0.135 e. The fourth-order valence-corrected chi connectivity index (χ4v) is 5.27. The molecule has 2 aromatic heterocycles. The first-order valence-electron chi connectivity index (χ1n) is 11.2. The molecule has 0 radical (unpaired) electrons. The predicted octanol–water partition coefficient (Wildman–Crippen LogP) is 4.30. The van der Waals surface area contributed by atoms with Gasteiger partial charge in [0.05, 0.1) is 25.4 Å². The molecule has 0 amide bonds. The van der Waals surface area contributed by atoms with Gasteiger partial charge in [-0.3, -0.25) is 0 Å². The average Bonchev–Trinajstić information content (AvgIpc) is 3.22. The van der Waals surface area contributed by atoms with Crippen molar-refractivity contribution >= 4 is 28.5 Å². The summed E-state index contributed by atoms with van der Waals surface area (Å²) in [5.74, 6) is 2.00. The number of fused-ring (bicyclic) bond motifs is 1. The van der Waals surface area contributed by atoms with Crippen molar-refractivity contribution in [1.29, 1.82) is 5.26 Å². The molecule has 0 bridgehead atoms. The van der Waals surface area contributed by atoms with E-state index < -0.39 is 0 Å². The molecule has 1 aliphatic heterocycles. The summed E-state index contributed by atoms with van der Waals surface area (Å²) in [4.78, 5) is 10.4. The molecule has 3 aromatic rings. The van der Waals surface area contributed by atoms with Crippen LogP contribution in [0.4, 0.5) is 5.82 Å². The van der Waals surface area contributed by atoms with Crippen molar-refractivity contribution in [1.82, 2.24) is 9.97 Å². The highest BCUT2D eigenvalue weighted by molar-refractivity contribution is 7.99. The van der Waals surface area contributed by atoms with Crippen molar-refractivity contribution in [3.05, 3.63) is 52.7 Å². The van der Waals surface area contributed by atoms with E-state index in [0.717, 1.165) is 59.2 Å². The van der Waals surface area contributed by atoms with E-state index in [2.05, 4.69) is 54.2 Å². The molecule has 0 unspecified atom stereocenters. The van der Waals surface area contributed by atoms with Crippen molar-refractivity contribution in [3.63, 3.8) is 0 Å². The van der Waals surface area contributed by atoms with Gasteiger partial charge >= 0.3 is 0 Å². The molecule has 0 atom stereocenters. The average molecular weight is 451 g/mol. The highest BCUT2D eigenvalue weighted by atomic mass is 32.2. The lowest BCUT2D eigenvalue weighted by atomic mass is 9.95. The number of nitrogens with zero attached hydrogens (tertiary/aromatic N) is 3. The van der Waals surface area contributed by atoms with Gasteiger partial charge < -0.3 is 19.7 Å². The molecule has 168 valence electrons. The van der Waals surface area contributed by atoms with E-state index in [4.69, 9.17) is 9.72 Å². The zero-order valence-electron chi connectivity index (χ0n) is 18.7. The second-order valence-electron chi connectivity index (χ2n) is 8.50.